The molecule has 0 unspecified atom stereocenters. The smallest absolute Gasteiger partial charge is 0.298 e. The molecular weight excluding hydrogens is 489 g/mol. The second-order valence-corrected chi connectivity index (χ2v) is 7.87. The lowest BCUT2D eigenvalue weighted by molar-refractivity contribution is -0.113. The molecule has 0 aromatic heterocycles. The van der Waals surface area contributed by atoms with E-state index in [4.69, 9.17) is 16.3 Å². The summed E-state index contributed by atoms with van der Waals surface area (Å²) in [6.07, 6.45) is 1.61. The third-order valence-electron chi connectivity index (χ3n) is 3.51. The summed E-state index contributed by atoms with van der Waals surface area (Å²) in [6, 6.07) is 9.93. The fourth-order valence-corrected chi connectivity index (χ4v) is 4.05. The number of thioether (sulfide) groups is 1. The van der Waals surface area contributed by atoms with Gasteiger partial charge in [0.15, 0.2) is 11.5 Å². The topological polar surface area (TPSA) is 66.8 Å². The molecule has 0 atom stereocenters. The lowest BCUT2D eigenvalue weighted by Crippen LogP contribution is -2.27. The summed E-state index contributed by atoms with van der Waals surface area (Å²) in [7, 11) is 0. The van der Waals surface area contributed by atoms with Gasteiger partial charge in [0.25, 0.3) is 11.1 Å². The maximum absolute atomic E-state index is 12.7. The first-order valence-corrected chi connectivity index (χ1v) is 9.87. The van der Waals surface area contributed by atoms with E-state index in [1.54, 1.807) is 42.5 Å². The Balaban J connectivity index is 1.96. The highest BCUT2D eigenvalue weighted by molar-refractivity contribution is 14.1. The van der Waals surface area contributed by atoms with E-state index in [9.17, 15) is 14.7 Å². The molecule has 0 bridgehead atoms. The van der Waals surface area contributed by atoms with E-state index in [2.05, 4.69) is 0 Å². The van der Waals surface area contributed by atoms with Crippen molar-refractivity contribution in [2.24, 2.45) is 0 Å². The summed E-state index contributed by atoms with van der Waals surface area (Å²) < 4.78 is 6.00. The minimum Gasteiger partial charge on any atom is -0.504 e. The van der Waals surface area contributed by atoms with E-state index in [1.807, 2.05) is 29.5 Å². The van der Waals surface area contributed by atoms with Crippen molar-refractivity contribution < 1.29 is 19.4 Å². The summed E-state index contributed by atoms with van der Waals surface area (Å²) in [4.78, 5) is 26.4. The molecule has 2 amide bonds. The van der Waals surface area contributed by atoms with E-state index in [1.165, 1.54) is 0 Å². The van der Waals surface area contributed by atoms with Gasteiger partial charge in [0.1, 0.15) is 0 Å². The summed E-state index contributed by atoms with van der Waals surface area (Å²) in [5.74, 6) is -0.0281. The Bertz CT molecular complexity index is 931. The van der Waals surface area contributed by atoms with Gasteiger partial charge in [-0.1, -0.05) is 17.7 Å². The van der Waals surface area contributed by atoms with Crippen molar-refractivity contribution >= 4 is 68.9 Å². The largest absolute Gasteiger partial charge is 0.504 e. The van der Waals surface area contributed by atoms with Crippen LogP contribution < -0.4 is 9.64 Å². The average Bonchev–Trinajstić information content (AvgIpc) is 2.86. The predicted octanol–water partition coefficient (Wildman–Crippen LogP) is 5.29. The Labute approximate surface area is 173 Å². The van der Waals surface area contributed by atoms with E-state index >= 15 is 0 Å². The molecule has 2 aromatic carbocycles. The van der Waals surface area contributed by atoms with Crippen LogP contribution in [0, 0.1) is 3.57 Å². The second kappa shape index (κ2) is 7.89. The zero-order chi connectivity index (χ0) is 18.8. The molecular formula is C18H13ClINO4S. The molecule has 0 radical (unpaired) electrons. The van der Waals surface area contributed by atoms with Crippen molar-refractivity contribution in [1.82, 2.24) is 0 Å². The van der Waals surface area contributed by atoms with Crippen molar-refractivity contribution in [3.05, 3.63) is 55.5 Å². The molecule has 8 heteroatoms. The molecule has 0 aliphatic carbocycles. The van der Waals surface area contributed by atoms with Crippen LogP contribution in [0.5, 0.6) is 11.5 Å². The van der Waals surface area contributed by atoms with Crippen molar-refractivity contribution in [2.75, 3.05) is 11.5 Å². The zero-order valence-corrected chi connectivity index (χ0v) is 17.3. The second-order valence-electron chi connectivity index (χ2n) is 5.28. The molecule has 1 N–H and O–H groups in total. The van der Waals surface area contributed by atoms with Gasteiger partial charge in [-0.05, 0) is 83.2 Å². The van der Waals surface area contributed by atoms with Crippen LogP contribution in [-0.2, 0) is 4.79 Å². The van der Waals surface area contributed by atoms with Crippen LogP contribution in [0.2, 0.25) is 5.02 Å². The maximum Gasteiger partial charge on any atom is 0.298 e. The van der Waals surface area contributed by atoms with E-state index in [0.29, 0.717) is 37.1 Å². The maximum atomic E-state index is 12.7. The predicted molar refractivity (Wildman–Crippen MR) is 112 cm³/mol. The van der Waals surface area contributed by atoms with Gasteiger partial charge in [-0.15, -0.1) is 0 Å². The number of carbonyl (C=O) groups is 2. The minimum atomic E-state index is -0.414. The lowest BCUT2D eigenvalue weighted by atomic mass is 10.2. The van der Waals surface area contributed by atoms with Crippen LogP contribution in [0.25, 0.3) is 6.08 Å². The van der Waals surface area contributed by atoms with Gasteiger partial charge in [0, 0.05) is 5.02 Å². The molecule has 3 rings (SSSR count). The number of aromatic hydroxyl groups is 1. The van der Waals surface area contributed by atoms with Crippen LogP contribution in [0.1, 0.15) is 12.5 Å². The molecule has 1 aliphatic heterocycles. The first-order chi connectivity index (χ1) is 12.4. The van der Waals surface area contributed by atoms with Crippen molar-refractivity contribution in [1.29, 1.82) is 0 Å². The normalized spacial score (nSPS) is 15.8. The Morgan fingerprint density at radius 2 is 2.08 bits per heavy atom. The fourth-order valence-electron chi connectivity index (χ4n) is 2.40. The van der Waals surface area contributed by atoms with E-state index < -0.39 is 5.91 Å². The number of amides is 2. The molecule has 2 aromatic rings. The number of rotatable bonds is 4. The molecule has 1 aliphatic rings. The Kier molecular flexibility index (Phi) is 5.79. The number of hydrogen-bond donors (Lipinski definition) is 1. The number of benzene rings is 2. The van der Waals surface area contributed by atoms with Crippen LogP contribution in [0.4, 0.5) is 10.5 Å². The molecule has 1 fully saturated rings. The number of halogens is 2. The Hall–Kier alpha value is -1.71. The number of anilines is 1. The van der Waals surface area contributed by atoms with Gasteiger partial charge < -0.3 is 9.84 Å². The highest BCUT2D eigenvalue weighted by atomic mass is 127. The van der Waals surface area contributed by atoms with E-state index in [-0.39, 0.29) is 11.0 Å². The molecule has 1 heterocycles. The van der Waals surface area contributed by atoms with Gasteiger partial charge in [-0.25, -0.2) is 4.90 Å². The van der Waals surface area contributed by atoms with Gasteiger partial charge in [0.2, 0.25) is 0 Å². The number of ether oxygens (including phenoxy) is 1. The highest BCUT2D eigenvalue weighted by Gasteiger charge is 2.36. The monoisotopic (exact) mass is 501 g/mol. The quantitative estimate of drug-likeness (QED) is 0.455. The number of carbonyl (C=O) groups excluding carboxylic acids is 2. The van der Waals surface area contributed by atoms with Gasteiger partial charge in [0.05, 0.1) is 20.8 Å². The van der Waals surface area contributed by atoms with Crippen molar-refractivity contribution in [3.63, 3.8) is 0 Å². The molecule has 0 saturated carbocycles. The molecule has 5 nitrogen and oxygen atoms in total. The van der Waals surface area contributed by atoms with Crippen molar-refractivity contribution in [2.45, 2.75) is 6.92 Å². The number of hydrogen-bond acceptors (Lipinski definition) is 5. The fraction of sp³-hybridized carbons (Fsp3) is 0.111. The van der Waals surface area contributed by atoms with E-state index in [0.717, 1.165) is 16.7 Å². The third-order valence-corrected chi connectivity index (χ3v) is 5.44. The lowest BCUT2D eigenvalue weighted by Gasteiger charge is -2.12. The number of phenolic OH excluding ortho intramolecular Hbond substituents is 1. The number of nitrogens with zero attached hydrogens (tertiary/aromatic N) is 1. The summed E-state index contributed by atoms with van der Waals surface area (Å²) in [6.45, 7) is 2.22. The minimum absolute atomic E-state index is 0.0524. The first-order valence-electron chi connectivity index (χ1n) is 7.59. The zero-order valence-electron chi connectivity index (χ0n) is 13.5. The van der Waals surface area contributed by atoms with Gasteiger partial charge in [-0.2, -0.15) is 0 Å². The summed E-state index contributed by atoms with van der Waals surface area (Å²) in [5.41, 5.74) is 1.09. The summed E-state index contributed by atoms with van der Waals surface area (Å²) in [5, 5.41) is 10.1. The first kappa shape index (κ1) is 19.1. The SMILES string of the molecule is CCOc1cc(/C=C2/SC(=O)N(c3cccc(Cl)c3)C2=O)cc(I)c1O. The average molecular weight is 502 g/mol. The molecule has 134 valence electrons. The van der Waals surface area contributed by atoms with Crippen molar-refractivity contribution in [3.8, 4) is 11.5 Å². The van der Waals surface area contributed by atoms with Gasteiger partial charge in [-0.3, -0.25) is 9.59 Å². The highest BCUT2D eigenvalue weighted by Crippen LogP contribution is 2.38. The van der Waals surface area contributed by atoms with Crippen LogP contribution in [0.15, 0.2) is 41.3 Å². The Morgan fingerprint density at radius 1 is 1.31 bits per heavy atom. The van der Waals surface area contributed by atoms with Gasteiger partial charge >= 0.3 is 0 Å². The van der Waals surface area contributed by atoms with Crippen LogP contribution in [0.3, 0.4) is 0 Å². The molecule has 1 saturated heterocycles. The summed E-state index contributed by atoms with van der Waals surface area (Å²) >= 11 is 8.80. The van der Waals surface area contributed by atoms with Crippen LogP contribution >= 0.6 is 46.0 Å². The third kappa shape index (κ3) is 3.84. The number of phenols is 1. The Morgan fingerprint density at radius 3 is 2.77 bits per heavy atom. The standard InChI is InChI=1S/C18H13ClINO4S/c1-2-25-14-7-10(6-13(20)16(14)22)8-15-17(23)21(18(24)26-15)12-5-3-4-11(19)9-12/h3-9,22H,2H2,1H3/b15-8+. The van der Waals surface area contributed by atoms with Crippen LogP contribution in [-0.4, -0.2) is 22.9 Å². The number of imide groups is 1. The molecule has 0 spiro atoms. The molecule has 26 heavy (non-hydrogen) atoms.